The van der Waals surface area contributed by atoms with E-state index < -0.39 is 18.0 Å². The first-order chi connectivity index (χ1) is 23.6. The van der Waals surface area contributed by atoms with E-state index in [2.05, 4.69) is 21.3 Å². The first-order valence-electron chi connectivity index (χ1n) is 16.7. The number of benzene rings is 2. The van der Waals surface area contributed by atoms with E-state index >= 15 is 0 Å². The molecule has 0 spiro atoms. The highest BCUT2D eigenvalue weighted by Gasteiger charge is 2.19. The van der Waals surface area contributed by atoms with Crippen LogP contribution in [0.4, 0.5) is 0 Å². The Labute approximate surface area is 287 Å². The number of nitrogen functional groups attached to an aromatic ring is 1. The van der Waals surface area contributed by atoms with Gasteiger partial charge in [0.05, 0.1) is 12.2 Å². The molecule has 0 aromatic heterocycles. The molecular formula is C35H50N6O8. The third-order valence-electron chi connectivity index (χ3n) is 7.39. The zero-order chi connectivity index (χ0) is 35.9. The number of esters is 1. The van der Waals surface area contributed by atoms with Gasteiger partial charge >= 0.3 is 11.9 Å². The van der Waals surface area contributed by atoms with Crippen LogP contribution in [0.3, 0.4) is 0 Å². The number of carboxylic acid groups (broad SMARTS) is 1. The summed E-state index contributed by atoms with van der Waals surface area (Å²) in [5.41, 5.74) is 6.30. The molecule has 0 heterocycles. The van der Waals surface area contributed by atoms with Gasteiger partial charge in [-0.3, -0.25) is 19.8 Å². The van der Waals surface area contributed by atoms with Gasteiger partial charge in [-0.15, -0.1) is 0 Å². The van der Waals surface area contributed by atoms with Gasteiger partial charge in [0.1, 0.15) is 23.4 Å². The number of ether oxygens (including phenoxy) is 2. The number of rotatable bonds is 25. The quantitative estimate of drug-likeness (QED) is 0.0267. The van der Waals surface area contributed by atoms with Crippen molar-refractivity contribution in [1.82, 2.24) is 21.3 Å². The molecule has 0 radical (unpaired) electrons. The molecule has 2 rings (SSSR count). The zero-order valence-corrected chi connectivity index (χ0v) is 28.2. The monoisotopic (exact) mass is 682 g/mol. The summed E-state index contributed by atoms with van der Waals surface area (Å²) in [5.74, 6) is -1.37. The molecular weight excluding hydrogens is 632 g/mol. The van der Waals surface area contributed by atoms with Gasteiger partial charge in [-0.1, -0.05) is 6.42 Å². The molecule has 1 atom stereocenters. The fourth-order valence-electron chi connectivity index (χ4n) is 4.62. The molecule has 0 saturated heterocycles. The van der Waals surface area contributed by atoms with Crippen LogP contribution in [0, 0.1) is 5.41 Å². The van der Waals surface area contributed by atoms with Gasteiger partial charge in [-0.2, -0.15) is 0 Å². The number of carbonyl (C=O) groups excluding carboxylic acids is 4. The van der Waals surface area contributed by atoms with E-state index in [1.165, 1.54) is 0 Å². The van der Waals surface area contributed by atoms with Crippen molar-refractivity contribution >= 4 is 35.5 Å². The maximum Gasteiger partial charge on any atom is 0.343 e. The Morgan fingerprint density at radius 2 is 1.29 bits per heavy atom. The molecule has 49 heavy (non-hydrogen) atoms. The van der Waals surface area contributed by atoms with Gasteiger partial charge in [0.2, 0.25) is 17.7 Å². The summed E-state index contributed by atoms with van der Waals surface area (Å²) in [5, 5.41) is 28.0. The molecule has 0 saturated carbocycles. The van der Waals surface area contributed by atoms with Crippen LogP contribution in [0.5, 0.6) is 11.5 Å². The van der Waals surface area contributed by atoms with Crippen LogP contribution >= 0.6 is 0 Å². The van der Waals surface area contributed by atoms with E-state index in [0.717, 1.165) is 19.4 Å². The molecule has 0 bridgehead atoms. The largest absolute Gasteiger partial charge is 0.494 e. The van der Waals surface area contributed by atoms with Gasteiger partial charge in [-0.25, -0.2) is 9.59 Å². The van der Waals surface area contributed by atoms with Crippen molar-refractivity contribution in [3.8, 4) is 11.5 Å². The summed E-state index contributed by atoms with van der Waals surface area (Å²) in [6, 6.07) is 11.9. The molecule has 2 aromatic carbocycles. The first-order valence-corrected chi connectivity index (χ1v) is 16.7. The highest BCUT2D eigenvalue weighted by molar-refractivity contribution is 5.95. The fourth-order valence-corrected chi connectivity index (χ4v) is 4.62. The molecule has 0 aliphatic carbocycles. The standard InChI is InChI=1S/C35H50N6O8/c1-38-21-5-2-3-10-32(44)41-29(34(45)46)9-4-6-22-39-30(42)11-7-12-31(43)40-23-8-24-48-27-17-15-26(16-18-27)35(47)49-28-19-13-25(14-20-28)33(36)37/h13-20,29,38H,2-12,21-24H2,1H3,(H3,36,37)(H,39,42)(H,40,43)(H,41,44)(H,45,46). The summed E-state index contributed by atoms with van der Waals surface area (Å²) in [7, 11) is 1.87. The van der Waals surface area contributed by atoms with E-state index in [-0.39, 0.29) is 42.8 Å². The Bertz CT molecular complexity index is 1350. The topological polar surface area (TPSA) is 222 Å². The summed E-state index contributed by atoms with van der Waals surface area (Å²) in [6.07, 6.45) is 5.65. The van der Waals surface area contributed by atoms with Crippen LogP contribution < -0.4 is 36.5 Å². The molecule has 3 amide bonds. The lowest BCUT2D eigenvalue weighted by molar-refractivity contribution is -0.142. The minimum Gasteiger partial charge on any atom is -0.494 e. The second-order valence-electron chi connectivity index (χ2n) is 11.5. The summed E-state index contributed by atoms with van der Waals surface area (Å²) < 4.78 is 11.0. The van der Waals surface area contributed by atoms with Crippen LogP contribution in [-0.2, 0) is 19.2 Å². The third kappa shape index (κ3) is 17.7. The van der Waals surface area contributed by atoms with E-state index in [1.807, 2.05) is 7.05 Å². The molecule has 1 unspecified atom stereocenters. The molecule has 14 nitrogen and oxygen atoms in total. The van der Waals surface area contributed by atoms with Crippen molar-refractivity contribution < 1.29 is 38.6 Å². The van der Waals surface area contributed by atoms with E-state index in [1.54, 1.807) is 48.5 Å². The predicted molar refractivity (Wildman–Crippen MR) is 185 cm³/mol. The molecule has 0 aliphatic rings. The number of nitrogens with one attached hydrogen (secondary N) is 5. The fraction of sp³-hybridized carbons (Fsp3) is 0.486. The van der Waals surface area contributed by atoms with Crippen LogP contribution in [0.25, 0.3) is 0 Å². The Hall–Kier alpha value is -4.98. The highest BCUT2D eigenvalue weighted by atomic mass is 16.5. The lowest BCUT2D eigenvalue weighted by atomic mass is 10.1. The van der Waals surface area contributed by atoms with Gasteiger partial charge in [0, 0.05) is 37.9 Å². The second kappa shape index (κ2) is 23.4. The van der Waals surface area contributed by atoms with Gasteiger partial charge in [-0.05, 0) is 107 Å². The van der Waals surface area contributed by atoms with Crippen LogP contribution in [0.1, 0.15) is 86.6 Å². The van der Waals surface area contributed by atoms with Crippen molar-refractivity contribution in [2.24, 2.45) is 5.73 Å². The van der Waals surface area contributed by atoms with E-state index in [9.17, 15) is 29.1 Å². The van der Waals surface area contributed by atoms with Crippen LogP contribution in [0.15, 0.2) is 48.5 Å². The van der Waals surface area contributed by atoms with Crippen LogP contribution in [0.2, 0.25) is 0 Å². The number of hydrogen-bond acceptors (Lipinski definition) is 9. The number of carbonyl (C=O) groups is 5. The number of unbranched alkanes of at least 4 members (excludes halogenated alkanes) is 3. The molecule has 2 aromatic rings. The Balaban J connectivity index is 1.50. The van der Waals surface area contributed by atoms with Gasteiger partial charge in [0.25, 0.3) is 0 Å². The zero-order valence-electron chi connectivity index (χ0n) is 28.2. The SMILES string of the molecule is CNCCCCCC(=O)NC(CCCCNC(=O)CCCC(=O)NCCCOc1ccc(C(=O)Oc2ccc(C(=N)N)cc2)cc1)C(=O)O. The number of nitrogens with two attached hydrogens (primary N) is 1. The smallest absolute Gasteiger partial charge is 0.343 e. The number of aliphatic carboxylic acids is 1. The molecule has 0 fully saturated rings. The highest BCUT2D eigenvalue weighted by Crippen LogP contribution is 2.17. The number of amidine groups is 1. The molecule has 8 N–H and O–H groups in total. The summed E-state index contributed by atoms with van der Waals surface area (Å²) >= 11 is 0. The third-order valence-corrected chi connectivity index (χ3v) is 7.39. The Morgan fingerprint density at radius 3 is 1.90 bits per heavy atom. The number of amides is 3. The second-order valence-corrected chi connectivity index (χ2v) is 11.5. The molecule has 268 valence electrons. The minimum absolute atomic E-state index is 0.0731. The average Bonchev–Trinajstić information content (AvgIpc) is 3.07. The van der Waals surface area contributed by atoms with E-state index in [0.29, 0.717) is 80.8 Å². The minimum atomic E-state index is -1.07. The van der Waals surface area contributed by atoms with Crippen molar-refractivity contribution in [2.75, 3.05) is 33.3 Å². The van der Waals surface area contributed by atoms with Crippen LogP contribution in [-0.4, -0.2) is 79.9 Å². The van der Waals surface area contributed by atoms with Crippen molar-refractivity contribution in [2.45, 2.75) is 76.7 Å². The molecule has 0 aliphatic heterocycles. The maximum atomic E-state index is 12.4. The first kappa shape index (κ1) is 40.2. The van der Waals surface area contributed by atoms with E-state index in [4.69, 9.17) is 20.6 Å². The average molecular weight is 683 g/mol. The predicted octanol–water partition coefficient (Wildman–Crippen LogP) is 2.88. The van der Waals surface area contributed by atoms with Gasteiger partial charge in [0.15, 0.2) is 0 Å². The van der Waals surface area contributed by atoms with Crippen molar-refractivity contribution in [3.63, 3.8) is 0 Å². The number of hydrogen-bond donors (Lipinski definition) is 7. The Morgan fingerprint density at radius 1 is 0.714 bits per heavy atom. The lowest BCUT2D eigenvalue weighted by Gasteiger charge is -2.14. The summed E-state index contributed by atoms with van der Waals surface area (Å²) in [4.78, 5) is 60.1. The Kier molecular flexibility index (Phi) is 19.2. The van der Waals surface area contributed by atoms with Crippen molar-refractivity contribution in [3.05, 3.63) is 59.7 Å². The number of carboxylic acids is 1. The van der Waals surface area contributed by atoms with Gasteiger partial charge < -0.3 is 41.6 Å². The maximum absolute atomic E-state index is 12.4. The normalized spacial score (nSPS) is 11.2. The lowest BCUT2D eigenvalue weighted by Crippen LogP contribution is -2.40. The summed E-state index contributed by atoms with van der Waals surface area (Å²) in [6.45, 7) is 2.04. The van der Waals surface area contributed by atoms with Crippen molar-refractivity contribution in [1.29, 1.82) is 5.41 Å². The molecule has 14 heteroatoms.